The van der Waals surface area contributed by atoms with Crippen LogP contribution >= 0.6 is 11.6 Å². The fraction of sp³-hybridized carbons (Fsp3) is 0.308. The molecule has 0 spiro atoms. The molecule has 3 heterocycles. The van der Waals surface area contributed by atoms with Crippen LogP contribution in [0, 0.1) is 0 Å². The molecule has 0 atom stereocenters. The predicted octanol–water partition coefficient (Wildman–Crippen LogP) is 2.36. The number of aryl methyl sites for hydroxylation is 1. The molecule has 2 aromatic rings. The Hall–Kier alpha value is -1.52. The molecule has 0 bridgehead atoms. The first-order chi connectivity index (χ1) is 8.79. The van der Waals surface area contributed by atoms with Gasteiger partial charge in [0.05, 0.1) is 10.7 Å². The van der Waals surface area contributed by atoms with Gasteiger partial charge in [0.25, 0.3) is 0 Å². The lowest BCUT2D eigenvalue weighted by Crippen LogP contribution is -2.03. The molecule has 0 radical (unpaired) electrons. The minimum atomic E-state index is 0.588. The van der Waals surface area contributed by atoms with Crippen molar-refractivity contribution in [1.82, 2.24) is 20.3 Å². The van der Waals surface area contributed by atoms with Crippen molar-refractivity contribution in [3.05, 3.63) is 40.3 Å². The van der Waals surface area contributed by atoms with Crippen LogP contribution in [0.5, 0.6) is 0 Å². The molecule has 0 saturated carbocycles. The minimum Gasteiger partial charge on any atom is -0.307 e. The lowest BCUT2D eigenvalue weighted by Gasteiger charge is -2.08. The zero-order valence-electron chi connectivity index (χ0n) is 10.1. The van der Waals surface area contributed by atoms with E-state index in [0.29, 0.717) is 16.5 Å². The second kappa shape index (κ2) is 4.63. The molecule has 0 amide bonds. The van der Waals surface area contributed by atoms with Crippen LogP contribution in [0.1, 0.15) is 23.9 Å². The molecule has 1 aliphatic heterocycles. The van der Waals surface area contributed by atoms with E-state index in [0.717, 1.165) is 30.9 Å². The van der Waals surface area contributed by atoms with E-state index in [-0.39, 0.29) is 0 Å². The van der Waals surface area contributed by atoms with Crippen LogP contribution in [0.2, 0.25) is 5.02 Å². The number of pyridine rings is 1. The second-order valence-electron chi connectivity index (χ2n) is 4.21. The average molecular weight is 261 g/mol. The summed E-state index contributed by atoms with van der Waals surface area (Å²) in [4.78, 5) is 13.4. The first kappa shape index (κ1) is 11.6. The third-order valence-electron chi connectivity index (χ3n) is 3.08. The van der Waals surface area contributed by atoms with Crippen molar-refractivity contribution in [3.63, 3.8) is 0 Å². The van der Waals surface area contributed by atoms with Crippen LogP contribution in [0.4, 0.5) is 0 Å². The van der Waals surface area contributed by atoms with Gasteiger partial charge in [0.2, 0.25) is 0 Å². The number of aromatic nitrogens is 3. The molecule has 1 N–H and O–H groups in total. The summed E-state index contributed by atoms with van der Waals surface area (Å²) >= 11 is 6.15. The number of hydrogen-bond donors (Lipinski definition) is 1. The van der Waals surface area contributed by atoms with E-state index in [2.05, 4.69) is 27.2 Å². The van der Waals surface area contributed by atoms with E-state index in [1.807, 2.05) is 12.1 Å². The summed E-state index contributed by atoms with van der Waals surface area (Å²) in [6, 6.07) is 3.62. The zero-order valence-corrected chi connectivity index (χ0v) is 10.8. The van der Waals surface area contributed by atoms with Crippen LogP contribution in [-0.4, -0.2) is 15.0 Å². The van der Waals surface area contributed by atoms with Gasteiger partial charge in [-0.1, -0.05) is 18.5 Å². The molecule has 0 unspecified atom stereocenters. The highest BCUT2D eigenvalue weighted by Gasteiger charge is 2.19. The van der Waals surface area contributed by atoms with E-state index in [1.165, 1.54) is 5.56 Å². The smallest absolute Gasteiger partial charge is 0.180 e. The van der Waals surface area contributed by atoms with E-state index < -0.39 is 0 Å². The van der Waals surface area contributed by atoms with Crippen LogP contribution in [0.3, 0.4) is 0 Å². The van der Waals surface area contributed by atoms with Gasteiger partial charge in [0.1, 0.15) is 5.69 Å². The third-order valence-corrected chi connectivity index (χ3v) is 3.38. The highest BCUT2D eigenvalue weighted by atomic mass is 35.5. The molecule has 0 fully saturated rings. The van der Waals surface area contributed by atoms with Gasteiger partial charge in [0.15, 0.2) is 5.82 Å². The minimum absolute atomic E-state index is 0.588. The lowest BCUT2D eigenvalue weighted by molar-refractivity contribution is 0.755. The monoisotopic (exact) mass is 260 g/mol. The van der Waals surface area contributed by atoms with Gasteiger partial charge in [-0.05, 0) is 18.6 Å². The fourth-order valence-electron chi connectivity index (χ4n) is 2.19. The van der Waals surface area contributed by atoms with Gasteiger partial charge in [-0.15, -0.1) is 0 Å². The van der Waals surface area contributed by atoms with Gasteiger partial charge < -0.3 is 5.32 Å². The zero-order chi connectivity index (χ0) is 12.5. The Morgan fingerprint density at radius 1 is 1.33 bits per heavy atom. The molecule has 0 aliphatic carbocycles. The van der Waals surface area contributed by atoms with Gasteiger partial charge >= 0.3 is 0 Å². The molecule has 18 heavy (non-hydrogen) atoms. The van der Waals surface area contributed by atoms with E-state index in [1.54, 1.807) is 6.20 Å². The average Bonchev–Trinajstić information content (AvgIpc) is 2.86. The van der Waals surface area contributed by atoms with Crippen molar-refractivity contribution < 1.29 is 0 Å². The van der Waals surface area contributed by atoms with Gasteiger partial charge in [-0.3, -0.25) is 4.98 Å². The number of halogens is 1. The number of fused-ring (bicyclic) bond motifs is 1. The molecule has 0 saturated heterocycles. The number of hydrogen-bond acceptors (Lipinski definition) is 4. The van der Waals surface area contributed by atoms with Crippen molar-refractivity contribution in [2.24, 2.45) is 0 Å². The van der Waals surface area contributed by atoms with Crippen molar-refractivity contribution in [1.29, 1.82) is 0 Å². The molecule has 1 aliphatic rings. The summed E-state index contributed by atoms with van der Waals surface area (Å²) in [6.07, 6.45) is 2.60. The first-order valence-corrected chi connectivity index (χ1v) is 6.37. The maximum Gasteiger partial charge on any atom is 0.180 e. The van der Waals surface area contributed by atoms with E-state index in [9.17, 15) is 0 Å². The SMILES string of the molecule is CCc1nc(-c2ncccc2Cl)nc2c1CNC2. The quantitative estimate of drug-likeness (QED) is 0.901. The van der Waals surface area contributed by atoms with Crippen molar-refractivity contribution in [3.8, 4) is 11.5 Å². The molecule has 0 aromatic carbocycles. The lowest BCUT2D eigenvalue weighted by atomic mass is 10.1. The number of rotatable bonds is 2. The third kappa shape index (κ3) is 1.87. The molecule has 4 nitrogen and oxygen atoms in total. The Morgan fingerprint density at radius 3 is 3.00 bits per heavy atom. The number of nitrogens with one attached hydrogen (secondary N) is 1. The summed E-state index contributed by atoms with van der Waals surface area (Å²) in [6.45, 7) is 3.75. The fourth-order valence-corrected chi connectivity index (χ4v) is 2.39. The summed E-state index contributed by atoms with van der Waals surface area (Å²) in [5.74, 6) is 0.625. The Morgan fingerprint density at radius 2 is 2.22 bits per heavy atom. The molecule has 5 heteroatoms. The number of nitrogens with zero attached hydrogens (tertiary/aromatic N) is 3. The summed E-state index contributed by atoms with van der Waals surface area (Å²) in [7, 11) is 0. The Balaban J connectivity index is 2.17. The highest BCUT2D eigenvalue weighted by Crippen LogP contribution is 2.25. The van der Waals surface area contributed by atoms with E-state index >= 15 is 0 Å². The topological polar surface area (TPSA) is 50.7 Å². The Labute approximate surface area is 110 Å². The first-order valence-electron chi connectivity index (χ1n) is 6.00. The van der Waals surface area contributed by atoms with Crippen molar-refractivity contribution >= 4 is 11.6 Å². The normalized spacial score (nSPS) is 13.7. The van der Waals surface area contributed by atoms with E-state index in [4.69, 9.17) is 11.6 Å². The van der Waals surface area contributed by atoms with Crippen LogP contribution < -0.4 is 5.32 Å². The van der Waals surface area contributed by atoms with Gasteiger partial charge in [0, 0.05) is 30.5 Å². The molecule has 3 rings (SSSR count). The summed E-state index contributed by atoms with van der Waals surface area (Å²) < 4.78 is 0. The maximum atomic E-state index is 6.15. The standard InChI is InChI=1S/C13H13ClN4/c1-2-10-8-6-15-7-11(8)18-13(17-10)12-9(14)4-3-5-16-12/h3-5,15H,2,6-7H2,1H3. The summed E-state index contributed by atoms with van der Waals surface area (Å²) in [5, 5.41) is 3.89. The predicted molar refractivity (Wildman–Crippen MR) is 70.2 cm³/mol. The second-order valence-corrected chi connectivity index (χ2v) is 4.62. The van der Waals surface area contributed by atoms with Crippen LogP contribution in [0.15, 0.2) is 18.3 Å². The molecule has 2 aromatic heterocycles. The van der Waals surface area contributed by atoms with Crippen molar-refractivity contribution in [2.75, 3.05) is 0 Å². The van der Waals surface area contributed by atoms with Crippen molar-refractivity contribution in [2.45, 2.75) is 26.4 Å². The maximum absolute atomic E-state index is 6.15. The van der Waals surface area contributed by atoms with Crippen LogP contribution in [0.25, 0.3) is 11.5 Å². The molecule has 92 valence electrons. The Bertz CT molecular complexity index is 598. The largest absolute Gasteiger partial charge is 0.307 e. The summed E-state index contributed by atoms with van der Waals surface area (Å²) in [5.41, 5.74) is 4.04. The van der Waals surface area contributed by atoms with Gasteiger partial charge in [-0.25, -0.2) is 9.97 Å². The Kier molecular flexibility index (Phi) is 2.97. The van der Waals surface area contributed by atoms with Crippen LogP contribution in [-0.2, 0) is 19.5 Å². The van der Waals surface area contributed by atoms with Gasteiger partial charge in [-0.2, -0.15) is 0 Å². The highest BCUT2D eigenvalue weighted by molar-refractivity contribution is 6.32. The molecular formula is C13H13ClN4. The molecular weight excluding hydrogens is 248 g/mol.